The van der Waals surface area contributed by atoms with Crippen molar-refractivity contribution in [3.8, 4) is 6.07 Å². The summed E-state index contributed by atoms with van der Waals surface area (Å²) in [5, 5.41) is 19.1. The van der Waals surface area contributed by atoms with Gasteiger partial charge < -0.3 is 5.11 Å². The molecule has 2 heteroatoms. The van der Waals surface area contributed by atoms with Gasteiger partial charge in [0.2, 0.25) is 0 Å². The molecule has 70 valence electrons. The summed E-state index contributed by atoms with van der Waals surface area (Å²) in [5.74, 6) is 0. The number of hydrogen-bond acceptors (Lipinski definition) is 2. The standard InChI is InChI=1S/C10H19NO/c1-8(2,3)10(12,7-11)9(4,5)6/h12H,1-6H3. The van der Waals surface area contributed by atoms with E-state index in [1.165, 1.54) is 0 Å². The monoisotopic (exact) mass is 169 g/mol. The zero-order valence-corrected chi connectivity index (χ0v) is 8.89. The molecule has 0 aromatic carbocycles. The Hall–Kier alpha value is -0.550. The van der Waals surface area contributed by atoms with E-state index >= 15 is 0 Å². The molecule has 0 rings (SSSR count). The Labute approximate surface area is 75.2 Å². The van der Waals surface area contributed by atoms with Crippen LogP contribution in [0.25, 0.3) is 0 Å². The molecule has 0 heterocycles. The summed E-state index contributed by atoms with van der Waals surface area (Å²) >= 11 is 0. The zero-order valence-electron chi connectivity index (χ0n) is 8.89. The first-order valence-corrected chi connectivity index (χ1v) is 4.20. The summed E-state index contributed by atoms with van der Waals surface area (Å²) in [4.78, 5) is 0. The molecule has 0 aliphatic heterocycles. The molecular formula is C10H19NO. The molecule has 0 aliphatic carbocycles. The highest BCUT2D eigenvalue weighted by molar-refractivity contribution is 5.13. The Morgan fingerprint density at radius 2 is 1.17 bits per heavy atom. The first-order valence-electron chi connectivity index (χ1n) is 4.20. The lowest BCUT2D eigenvalue weighted by Gasteiger charge is -2.44. The molecule has 0 saturated heterocycles. The SMILES string of the molecule is CC(C)(C)C(O)(C#N)C(C)(C)C. The van der Waals surface area contributed by atoms with Crippen LogP contribution < -0.4 is 0 Å². The minimum absolute atomic E-state index is 0.417. The van der Waals surface area contributed by atoms with E-state index in [1.54, 1.807) is 0 Å². The molecule has 0 unspecified atom stereocenters. The highest BCUT2D eigenvalue weighted by Crippen LogP contribution is 2.43. The van der Waals surface area contributed by atoms with Gasteiger partial charge in [-0.1, -0.05) is 41.5 Å². The van der Waals surface area contributed by atoms with Crippen LogP contribution in [0.2, 0.25) is 0 Å². The highest BCUT2D eigenvalue weighted by atomic mass is 16.3. The Bertz CT molecular complexity index is 185. The Kier molecular flexibility index (Phi) is 2.62. The zero-order chi connectivity index (χ0) is 10.2. The molecule has 0 bridgehead atoms. The van der Waals surface area contributed by atoms with Crippen molar-refractivity contribution in [3.63, 3.8) is 0 Å². The van der Waals surface area contributed by atoms with Crippen LogP contribution in [0, 0.1) is 22.2 Å². The number of rotatable bonds is 0. The van der Waals surface area contributed by atoms with Crippen LogP contribution in [0.3, 0.4) is 0 Å². The molecule has 0 aromatic rings. The van der Waals surface area contributed by atoms with Crippen molar-refractivity contribution in [2.24, 2.45) is 10.8 Å². The van der Waals surface area contributed by atoms with E-state index in [0.717, 1.165) is 0 Å². The van der Waals surface area contributed by atoms with E-state index < -0.39 is 16.4 Å². The maximum absolute atomic E-state index is 10.1. The first-order chi connectivity index (χ1) is 5.06. The van der Waals surface area contributed by atoms with Crippen molar-refractivity contribution in [1.82, 2.24) is 0 Å². The van der Waals surface area contributed by atoms with E-state index in [1.807, 2.05) is 47.6 Å². The van der Waals surface area contributed by atoms with E-state index in [2.05, 4.69) is 0 Å². The van der Waals surface area contributed by atoms with Crippen LogP contribution in [0.5, 0.6) is 0 Å². The third kappa shape index (κ3) is 1.61. The number of hydrogen-bond donors (Lipinski definition) is 1. The Morgan fingerprint density at radius 1 is 0.917 bits per heavy atom. The lowest BCUT2D eigenvalue weighted by molar-refractivity contribution is -0.0891. The average molecular weight is 169 g/mol. The molecular weight excluding hydrogens is 150 g/mol. The smallest absolute Gasteiger partial charge is 0.160 e. The van der Waals surface area contributed by atoms with E-state index in [9.17, 15) is 5.11 Å². The van der Waals surface area contributed by atoms with Crippen molar-refractivity contribution >= 4 is 0 Å². The minimum atomic E-state index is -1.28. The fraction of sp³-hybridized carbons (Fsp3) is 0.900. The van der Waals surface area contributed by atoms with E-state index in [-0.39, 0.29) is 0 Å². The number of nitriles is 1. The largest absolute Gasteiger partial charge is 0.374 e. The van der Waals surface area contributed by atoms with Gasteiger partial charge in [0, 0.05) is 10.8 Å². The maximum Gasteiger partial charge on any atom is 0.160 e. The summed E-state index contributed by atoms with van der Waals surface area (Å²) in [5.41, 5.74) is -2.11. The van der Waals surface area contributed by atoms with Gasteiger partial charge in [0.05, 0.1) is 6.07 Å². The maximum atomic E-state index is 10.1. The van der Waals surface area contributed by atoms with E-state index in [0.29, 0.717) is 0 Å². The van der Waals surface area contributed by atoms with Gasteiger partial charge >= 0.3 is 0 Å². The van der Waals surface area contributed by atoms with Gasteiger partial charge in [0.15, 0.2) is 5.60 Å². The van der Waals surface area contributed by atoms with Gasteiger partial charge in [-0.2, -0.15) is 5.26 Å². The van der Waals surface area contributed by atoms with Crippen molar-refractivity contribution in [2.45, 2.75) is 47.1 Å². The van der Waals surface area contributed by atoms with Gasteiger partial charge in [0.25, 0.3) is 0 Å². The van der Waals surface area contributed by atoms with Crippen LogP contribution in [0.15, 0.2) is 0 Å². The number of nitrogens with zero attached hydrogens (tertiary/aromatic N) is 1. The first kappa shape index (κ1) is 11.4. The van der Waals surface area contributed by atoms with Crippen molar-refractivity contribution in [1.29, 1.82) is 5.26 Å². The van der Waals surface area contributed by atoms with Crippen molar-refractivity contribution in [2.75, 3.05) is 0 Å². The second-order valence-electron chi connectivity index (χ2n) is 5.32. The molecule has 0 amide bonds. The molecule has 0 saturated carbocycles. The molecule has 0 fully saturated rings. The van der Waals surface area contributed by atoms with Crippen LogP contribution in [-0.2, 0) is 0 Å². The third-order valence-corrected chi connectivity index (χ3v) is 2.33. The van der Waals surface area contributed by atoms with Crippen molar-refractivity contribution < 1.29 is 5.11 Å². The topological polar surface area (TPSA) is 44.0 Å². The molecule has 0 spiro atoms. The molecule has 12 heavy (non-hydrogen) atoms. The molecule has 0 aliphatic rings. The fourth-order valence-corrected chi connectivity index (χ4v) is 1.46. The second-order valence-corrected chi connectivity index (χ2v) is 5.32. The van der Waals surface area contributed by atoms with Crippen molar-refractivity contribution in [3.05, 3.63) is 0 Å². The van der Waals surface area contributed by atoms with Gasteiger partial charge in [-0.15, -0.1) is 0 Å². The van der Waals surface area contributed by atoms with Gasteiger partial charge in [-0.3, -0.25) is 0 Å². The summed E-state index contributed by atoms with van der Waals surface area (Å²) in [7, 11) is 0. The fourth-order valence-electron chi connectivity index (χ4n) is 1.46. The summed E-state index contributed by atoms with van der Waals surface area (Å²) in [6, 6.07) is 2.01. The third-order valence-electron chi connectivity index (χ3n) is 2.33. The van der Waals surface area contributed by atoms with Gasteiger partial charge in [0.1, 0.15) is 0 Å². The molecule has 0 radical (unpaired) electrons. The predicted molar refractivity (Wildman–Crippen MR) is 49.5 cm³/mol. The Morgan fingerprint density at radius 3 is 1.17 bits per heavy atom. The van der Waals surface area contributed by atoms with Gasteiger partial charge in [-0.25, -0.2) is 0 Å². The summed E-state index contributed by atoms with van der Waals surface area (Å²) in [6.07, 6.45) is 0. The Balaban J connectivity index is 5.14. The van der Waals surface area contributed by atoms with E-state index in [4.69, 9.17) is 5.26 Å². The molecule has 2 nitrogen and oxygen atoms in total. The van der Waals surface area contributed by atoms with Gasteiger partial charge in [-0.05, 0) is 0 Å². The number of aliphatic hydroxyl groups is 1. The molecule has 1 N–H and O–H groups in total. The second kappa shape index (κ2) is 2.74. The summed E-state index contributed by atoms with van der Waals surface area (Å²) < 4.78 is 0. The van der Waals surface area contributed by atoms with Crippen LogP contribution >= 0.6 is 0 Å². The molecule has 0 atom stereocenters. The summed E-state index contributed by atoms with van der Waals surface area (Å²) in [6.45, 7) is 11.3. The lowest BCUT2D eigenvalue weighted by atomic mass is 9.63. The van der Waals surface area contributed by atoms with Crippen LogP contribution in [0.1, 0.15) is 41.5 Å². The highest BCUT2D eigenvalue weighted by Gasteiger charge is 2.49. The minimum Gasteiger partial charge on any atom is -0.374 e. The normalized spacial score (nSPS) is 14.2. The van der Waals surface area contributed by atoms with Crippen LogP contribution in [0.4, 0.5) is 0 Å². The average Bonchev–Trinajstić information content (AvgIpc) is 1.81. The van der Waals surface area contributed by atoms with Crippen LogP contribution in [-0.4, -0.2) is 10.7 Å². The molecule has 0 aromatic heterocycles. The lowest BCUT2D eigenvalue weighted by Crippen LogP contribution is -2.51. The predicted octanol–water partition coefficient (Wildman–Crippen LogP) is 2.33. The quantitative estimate of drug-likeness (QED) is 0.566.